The molecule has 0 saturated heterocycles. The van der Waals surface area contributed by atoms with Gasteiger partial charge in [-0.3, -0.25) is 9.59 Å². The summed E-state index contributed by atoms with van der Waals surface area (Å²) < 4.78 is 10.7. The van der Waals surface area contributed by atoms with Gasteiger partial charge in [0.2, 0.25) is 0 Å². The van der Waals surface area contributed by atoms with Crippen molar-refractivity contribution in [3.63, 3.8) is 0 Å². The molecule has 102 valence electrons. The number of fused-ring (bicyclic) bond motifs is 5. The van der Waals surface area contributed by atoms with Crippen LogP contribution in [0.3, 0.4) is 0 Å². The van der Waals surface area contributed by atoms with Crippen LogP contribution in [0.4, 0.5) is 0 Å². The number of rotatable bonds is 3. The number of hydrogen-bond donors (Lipinski definition) is 0. The average molecular weight is 262 g/mol. The van der Waals surface area contributed by atoms with E-state index in [1.807, 2.05) is 6.08 Å². The molecular formula is C15H18O4. The molecule has 0 amide bonds. The van der Waals surface area contributed by atoms with Gasteiger partial charge in [0, 0.05) is 25.2 Å². The summed E-state index contributed by atoms with van der Waals surface area (Å²) in [5.41, 5.74) is -0.175. The predicted molar refractivity (Wildman–Crippen MR) is 68.0 cm³/mol. The molecule has 1 fully saturated rings. The molecule has 0 aromatic carbocycles. The molecule has 0 aromatic rings. The van der Waals surface area contributed by atoms with Gasteiger partial charge < -0.3 is 9.47 Å². The molecule has 0 N–H and O–H groups in total. The zero-order valence-electron chi connectivity index (χ0n) is 11.2. The van der Waals surface area contributed by atoms with Crippen molar-refractivity contribution in [2.45, 2.75) is 26.4 Å². The van der Waals surface area contributed by atoms with E-state index in [0.717, 1.165) is 6.42 Å². The van der Waals surface area contributed by atoms with Gasteiger partial charge in [-0.05, 0) is 24.3 Å². The Morgan fingerprint density at radius 1 is 1.21 bits per heavy atom. The van der Waals surface area contributed by atoms with Gasteiger partial charge in [0.15, 0.2) is 0 Å². The van der Waals surface area contributed by atoms with E-state index < -0.39 is 0 Å². The maximum Gasteiger partial charge on any atom is 0.303 e. The first-order chi connectivity index (χ1) is 9.03. The molecule has 0 aromatic heterocycles. The lowest BCUT2D eigenvalue weighted by atomic mass is 9.70. The fourth-order valence-electron chi connectivity index (χ4n) is 4.00. The average Bonchev–Trinajstić information content (AvgIpc) is 2.98. The SMILES string of the molecule is CC(=O)OC[C@@]12C=CC(OC(C)=O)C1C1C=CC2C1. The molecule has 0 spiro atoms. The molecule has 4 unspecified atom stereocenters. The van der Waals surface area contributed by atoms with Crippen LogP contribution in [-0.2, 0) is 19.1 Å². The Kier molecular flexibility index (Phi) is 2.77. The van der Waals surface area contributed by atoms with Crippen LogP contribution in [0.25, 0.3) is 0 Å². The van der Waals surface area contributed by atoms with Crippen molar-refractivity contribution >= 4 is 11.9 Å². The number of hydrogen-bond acceptors (Lipinski definition) is 4. The first-order valence-electron chi connectivity index (χ1n) is 6.71. The summed E-state index contributed by atoms with van der Waals surface area (Å²) in [6.45, 7) is 3.24. The third-order valence-corrected chi connectivity index (χ3v) is 4.67. The first kappa shape index (κ1) is 12.5. The van der Waals surface area contributed by atoms with Crippen molar-refractivity contribution in [2.24, 2.45) is 23.2 Å². The Morgan fingerprint density at radius 3 is 2.68 bits per heavy atom. The van der Waals surface area contributed by atoms with Crippen LogP contribution in [-0.4, -0.2) is 24.6 Å². The van der Waals surface area contributed by atoms with Gasteiger partial charge in [-0.2, -0.15) is 0 Å². The van der Waals surface area contributed by atoms with Crippen molar-refractivity contribution in [3.05, 3.63) is 24.3 Å². The molecular weight excluding hydrogens is 244 g/mol. The highest BCUT2D eigenvalue weighted by Crippen LogP contribution is 2.61. The van der Waals surface area contributed by atoms with Gasteiger partial charge in [-0.25, -0.2) is 0 Å². The van der Waals surface area contributed by atoms with Gasteiger partial charge in [-0.15, -0.1) is 0 Å². The minimum Gasteiger partial charge on any atom is -0.465 e. The number of carbonyl (C=O) groups is 2. The molecule has 0 radical (unpaired) electrons. The second kappa shape index (κ2) is 4.22. The lowest BCUT2D eigenvalue weighted by Crippen LogP contribution is -2.40. The van der Waals surface area contributed by atoms with Crippen molar-refractivity contribution in [1.29, 1.82) is 0 Å². The molecule has 4 nitrogen and oxygen atoms in total. The van der Waals surface area contributed by atoms with Crippen LogP contribution in [0.2, 0.25) is 0 Å². The van der Waals surface area contributed by atoms with Gasteiger partial charge in [-0.1, -0.05) is 18.2 Å². The molecule has 4 heteroatoms. The minimum absolute atomic E-state index is 0.175. The highest BCUT2D eigenvalue weighted by atomic mass is 16.5. The summed E-state index contributed by atoms with van der Waals surface area (Å²) in [7, 11) is 0. The summed E-state index contributed by atoms with van der Waals surface area (Å²) in [6.07, 6.45) is 9.36. The molecule has 2 bridgehead atoms. The summed E-state index contributed by atoms with van der Waals surface area (Å²) in [6, 6.07) is 0. The van der Waals surface area contributed by atoms with Crippen molar-refractivity contribution in [3.8, 4) is 0 Å². The number of esters is 2. The molecule has 3 aliphatic carbocycles. The zero-order chi connectivity index (χ0) is 13.6. The van der Waals surface area contributed by atoms with E-state index in [-0.39, 0.29) is 29.4 Å². The van der Waals surface area contributed by atoms with Crippen LogP contribution < -0.4 is 0 Å². The second-order valence-electron chi connectivity index (χ2n) is 5.74. The number of ether oxygens (including phenoxy) is 2. The summed E-state index contributed by atoms with van der Waals surface area (Å²) >= 11 is 0. The van der Waals surface area contributed by atoms with E-state index in [9.17, 15) is 9.59 Å². The quantitative estimate of drug-likeness (QED) is 0.575. The normalized spacial score (nSPS) is 41.4. The predicted octanol–water partition coefficient (Wildman–Crippen LogP) is 1.86. The van der Waals surface area contributed by atoms with Gasteiger partial charge in [0.25, 0.3) is 0 Å². The molecule has 0 aliphatic heterocycles. The largest absolute Gasteiger partial charge is 0.465 e. The Hall–Kier alpha value is -1.58. The Bertz CT molecular complexity index is 479. The fraction of sp³-hybridized carbons (Fsp3) is 0.600. The Balaban J connectivity index is 1.85. The first-order valence-corrected chi connectivity index (χ1v) is 6.71. The van der Waals surface area contributed by atoms with Crippen LogP contribution >= 0.6 is 0 Å². The molecule has 3 rings (SSSR count). The summed E-state index contributed by atoms with van der Waals surface area (Å²) in [5, 5.41) is 0. The van der Waals surface area contributed by atoms with Crippen LogP contribution in [0.5, 0.6) is 0 Å². The fourth-order valence-corrected chi connectivity index (χ4v) is 4.00. The van der Waals surface area contributed by atoms with Crippen molar-refractivity contribution < 1.29 is 19.1 Å². The third kappa shape index (κ3) is 1.81. The topological polar surface area (TPSA) is 52.6 Å². The maximum atomic E-state index is 11.2. The number of carbonyl (C=O) groups excluding carboxylic acids is 2. The maximum absolute atomic E-state index is 11.2. The third-order valence-electron chi connectivity index (χ3n) is 4.67. The lowest BCUT2D eigenvalue weighted by molar-refractivity contribution is -0.152. The van der Waals surface area contributed by atoms with Crippen LogP contribution in [0.15, 0.2) is 24.3 Å². The Morgan fingerprint density at radius 2 is 2.00 bits per heavy atom. The van der Waals surface area contributed by atoms with E-state index >= 15 is 0 Å². The molecule has 19 heavy (non-hydrogen) atoms. The van der Waals surface area contributed by atoms with E-state index in [4.69, 9.17) is 9.47 Å². The highest BCUT2D eigenvalue weighted by molar-refractivity contribution is 5.67. The molecule has 3 aliphatic rings. The smallest absolute Gasteiger partial charge is 0.303 e. The van der Waals surface area contributed by atoms with Crippen molar-refractivity contribution in [2.75, 3.05) is 6.61 Å². The number of allylic oxidation sites excluding steroid dienone is 2. The van der Waals surface area contributed by atoms with Crippen LogP contribution in [0, 0.1) is 23.2 Å². The highest BCUT2D eigenvalue weighted by Gasteiger charge is 2.60. The minimum atomic E-state index is -0.260. The summed E-state index contributed by atoms with van der Waals surface area (Å²) in [5.74, 6) is 0.498. The second-order valence-corrected chi connectivity index (χ2v) is 5.74. The monoisotopic (exact) mass is 262 g/mol. The van der Waals surface area contributed by atoms with Crippen molar-refractivity contribution in [1.82, 2.24) is 0 Å². The van der Waals surface area contributed by atoms with E-state index in [1.54, 1.807) is 0 Å². The zero-order valence-corrected chi connectivity index (χ0v) is 11.2. The van der Waals surface area contributed by atoms with Gasteiger partial charge in [0.05, 0.1) is 0 Å². The van der Waals surface area contributed by atoms with Crippen LogP contribution in [0.1, 0.15) is 20.3 Å². The molecule has 0 heterocycles. The Labute approximate surface area is 112 Å². The molecule has 5 atom stereocenters. The lowest BCUT2D eigenvalue weighted by Gasteiger charge is -2.37. The summed E-state index contributed by atoms with van der Waals surface area (Å²) in [4.78, 5) is 22.3. The van der Waals surface area contributed by atoms with E-state index in [0.29, 0.717) is 18.4 Å². The molecule has 1 saturated carbocycles. The van der Waals surface area contributed by atoms with Gasteiger partial charge in [0.1, 0.15) is 12.7 Å². The van der Waals surface area contributed by atoms with E-state index in [1.165, 1.54) is 13.8 Å². The standard InChI is InChI=1S/C15H18O4/c1-9(16)18-8-15-6-5-13(19-10(2)17)14(15)11-3-4-12(15)7-11/h3-6,11-14H,7-8H2,1-2H3/t11?,12?,13?,14?,15-/m1/s1. The van der Waals surface area contributed by atoms with E-state index in [2.05, 4.69) is 18.2 Å². The van der Waals surface area contributed by atoms with Gasteiger partial charge >= 0.3 is 11.9 Å².